The molecule has 0 atom stereocenters. The number of anilines is 1. The zero-order valence-electron chi connectivity index (χ0n) is 10.7. The van der Waals surface area contributed by atoms with Gasteiger partial charge in [-0.3, -0.25) is 4.79 Å². The van der Waals surface area contributed by atoms with Gasteiger partial charge in [0.05, 0.1) is 12.1 Å². The molecular weight excluding hydrogens is 260 g/mol. The van der Waals surface area contributed by atoms with Gasteiger partial charge in [-0.1, -0.05) is 6.07 Å². The third-order valence-corrected chi connectivity index (χ3v) is 2.76. The van der Waals surface area contributed by atoms with Gasteiger partial charge in [0.15, 0.2) is 0 Å². The Morgan fingerprint density at radius 1 is 1.30 bits per heavy atom. The van der Waals surface area contributed by atoms with E-state index in [1.807, 2.05) is 0 Å². The van der Waals surface area contributed by atoms with E-state index in [-0.39, 0.29) is 23.4 Å². The summed E-state index contributed by atoms with van der Waals surface area (Å²) in [5, 5.41) is 8.95. The molecule has 104 valence electrons. The van der Waals surface area contributed by atoms with Crippen LogP contribution in [0.5, 0.6) is 5.75 Å². The van der Waals surface area contributed by atoms with Gasteiger partial charge in [-0.25, -0.2) is 4.79 Å². The Labute approximate surface area is 115 Å². The summed E-state index contributed by atoms with van der Waals surface area (Å²) in [5.41, 5.74) is 5.62. The van der Waals surface area contributed by atoms with Gasteiger partial charge in [0.1, 0.15) is 12.4 Å². The number of ether oxygens (including phenoxy) is 1. The summed E-state index contributed by atoms with van der Waals surface area (Å²) < 4.78 is 6.94. The highest BCUT2D eigenvalue weighted by Gasteiger charge is 2.09. The molecule has 0 amide bonds. The number of pyridine rings is 1. The molecule has 0 fully saturated rings. The molecule has 0 aliphatic rings. The summed E-state index contributed by atoms with van der Waals surface area (Å²) in [6, 6.07) is 9.33. The van der Waals surface area contributed by atoms with Crippen molar-refractivity contribution in [1.29, 1.82) is 0 Å². The van der Waals surface area contributed by atoms with Crippen LogP contribution in [0.25, 0.3) is 0 Å². The number of carboxylic acid groups (broad SMARTS) is 1. The molecule has 0 aliphatic carbocycles. The van der Waals surface area contributed by atoms with Crippen molar-refractivity contribution in [2.45, 2.75) is 6.54 Å². The molecule has 0 unspecified atom stereocenters. The number of hydrogen-bond acceptors (Lipinski definition) is 4. The minimum atomic E-state index is -1.10. The smallest absolute Gasteiger partial charge is 0.337 e. The SMILES string of the molecule is Nc1ccc(OCCn2ccccc2=O)cc1C(=O)O. The monoisotopic (exact) mass is 274 g/mol. The van der Waals surface area contributed by atoms with Crippen molar-refractivity contribution in [2.75, 3.05) is 12.3 Å². The second-order valence-electron chi connectivity index (χ2n) is 4.13. The first-order valence-corrected chi connectivity index (χ1v) is 5.99. The average Bonchev–Trinajstić information content (AvgIpc) is 2.42. The minimum absolute atomic E-state index is 0.000576. The second-order valence-corrected chi connectivity index (χ2v) is 4.13. The summed E-state index contributed by atoms with van der Waals surface area (Å²) in [7, 11) is 0. The number of carbonyl (C=O) groups is 1. The van der Waals surface area contributed by atoms with Crippen molar-refractivity contribution in [1.82, 2.24) is 4.57 Å². The molecule has 6 heteroatoms. The van der Waals surface area contributed by atoms with Crippen LogP contribution in [0.3, 0.4) is 0 Å². The molecule has 2 aromatic rings. The largest absolute Gasteiger partial charge is 0.492 e. The molecule has 3 N–H and O–H groups in total. The maximum Gasteiger partial charge on any atom is 0.337 e. The van der Waals surface area contributed by atoms with Crippen molar-refractivity contribution in [3.8, 4) is 5.75 Å². The zero-order valence-corrected chi connectivity index (χ0v) is 10.7. The fraction of sp³-hybridized carbons (Fsp3) is 0.143. The number of aromatic carboxylic acids is 1. The van der Waals surface area contributed by atoms with E-state index in [0.717, 1.165) is 0 Å². The maximum absolute atomic E-state index is 11.5. The highest BCUT2D eigenvalue weighted by molar-refractivity contribution is 5.94. The van der Waals surface area contributed by atoms with Crippen LogP contribution < -0.4 is 16.0 Å². The normalized spacial score (nSPS) is 10.2. The highest BCUT2D eigenvalue weighted by Crippen LogP contribution is 2.19. The summed E-state index contributed by atoms with van der Waals surface area (Å²) in [5.74, 6) is -0.701. The van der Waals surface area contributed by atoms with E-state index < -0.39 is 5.97 Å². The Bertz CT molecular complexity index is 679. The van der Waals surface area contributed by atoms with Crippen LogP contribution >= 0.6 is 0 Å². The third-order valence-electron chi connectivity index (χ3n) is 2.76. The lowest BCUT2D eigenvalue weighted by molar-refractivity contribution is 0.0697. The van der Waals surface area contributed by atoms with Crippen molar-refractivity contribution < 1.29 is 14.6 Å². The summed E-state index contributed by atoms with van der Waals surface area (Å²) in [4.78, 5) is 22.4. The summed E-state index contributed by atoms with van der Waals surface area (Å²) >= 11 is 0. The molecule has 0 bridgehead atoms. The van der Waals surface area contributed by atoms with Gasteiger partial charge in [0.25, 0.3) is 5.56 Å². The molecule has 0 aliphatic heterocycles. The molecular formula is C14H14N2O4. The van der Waals surface area contributed by atoms with E-state index in [0.29, 0.717) is 12.3 Å². The maximum atomic E-state index is 11.5. The molecule has 0 spiro atoms. The van der Waals surface area contributed by atoms with E-state index >= 15 is 0 Å². The molecule has 0 radical (unpaired) electrons. The van der Waals surface area contributed by atoms with Gasteiger partial charge < -0.3 is 20.1 Å². The van der Waals surface area contributed by atoms with E-state index in [1.54, 1.807) is 24.4 Å². The van der Waals surface area contributed by atoms with Crippen LogP contribution in [0, 0.1) is 0 Å². The molecule has 0 saturated heterocycles. The van der Waals surface area contributed by atoms with Crippen LogP contribution in [0.2, 0.25) is 0 Å². The Morgan fingerprint density at radius 3 is 2.80 bits per heavy atom. The number of hydrogen-bond donors (Lipinski definition) is 2. The number of aromatic nitrogens is 1. The Balaban J connectivity index is 2.01. The lowest BCUT2D eigenvalue weighted by Crippen LogP contribution is -2.21. The molecule has 2 rings (SSSR count). The van der Waals surface area contributed by atoms with E-state index in [1.165, 1.54) is 22.8 Å². The van der Waals surface area contributed by atoms with Crippen molar-refractivity contribution >= 4 is 11.7 Å². The van der Waals surface area contributed by atoms with E-state index in [4.69, 9.17) is 15.6 Å². The number of nitrogens with two attached hydrogens (primary N) is 1. The predicted octanol–water partition coefficient (Wildman–Crippen LogP) is 1.21. The first-order valence-electron chi connectivity index (χ1n) is 5.99. The van der Waals surface area contributed by atoms with Crippen molar-refractivity contribution in [3.05, 3.63) is 58.5 Å². The number of benzene rings is 1. The fourth-order valence-corrected chi connectivity index (χ4v) is 1.72. The third kappa shape index (κ3) is 3.17. The van der Waals surface area contributed by atoms with Crippen molar-refractivity contribution in [3.63, 3.8) is 0 Å². The Morgan fingerprint density at radius 2 is 2.10 bits per heavy atom. The molecule has 1 aromatic heterocycles. The fourth-order valence-electron chi connectivity index (χ4n) is 1.72. The zero-order chi connectivity index (χ0) is 14.5. The lowest BCUT2D eigenvalue weighted by Gasteiger charge is -2.09. The number of nitrogens with zero attached hydrogens (tertiary/aromatic N) is 1. The van der Waals surface area contributed by atoms with E-state index in [9.17, 15) is 9.59 Å². The lowest BCUT2D eigenvalue weighted by atomic mass is 10.2. The van der Waals surface area contributed by atoms with Gasteiger partial charge in [-0.2, -0.15) is 0 Å². The van der Waals surface area contributed by atoms with Crippen LogP contribution in [0.4, 0.5) is 5.69 Å². The van der Waals surface area contributed by atoms with Gasteiger partial charge in [0, 0.05) is 18.0 Å². The summed E-state index contributed by atoms with van der Waals surface area (Å²) in [6.07, 6.45) is 1.66. The van der Waals surface area contributed by atoms with Crippen molar-refractivity contribution in [2.24, 2.45) is 0 Å². The average molecular weight is 274 g/mol. The second kappa shape index (κ2) is 5.92. The van der Waals surface area contributed by atoms with Crippen LogP contribution in [-0.2, 0) is 6.54 Å². The Hall–Kier alpha value is -2.76. The van der Waals surface area contributed by atoms with Gasteiger partial charge in [0.2, 0.25) is 0 Å². The molecule has 1 heterocycles. The number of rotatable bonds is 5. The van der Waals surface area contributed by atoms with Gasteiger partial charge >= 0.3 is 5.97 Å². The molecule has 0 saturated carbocycles. The number of carboxylic acids is 1. The highest BCUT2D eigenvalue weighted by atomic mass is 16.5. The molecule has 6 nitrogen and oxygen atoms in total. The Kier molecular flexibility index (Phi) is 4.05. The number of nitrogen functional groups attached to an aromatic ring is 1. The molecule has 1 aromatic carbocycles. The minimum Gasteiger partial charge on any atom is -0.492 e. The van der Waals surface area contributed by atoms with Crippen LogP contribution in [0.1, 0.15) is 10.4 Å². The topological polar surface area (TPSA) is 94.5 Å². The van der Waals surface area contributed by atoms with Crippen LogP contribution in [-0.4, -0.2) is 22.2 Å². The predicted molar refractivity (Wildman–Crippen MR) is 74.0 cm³/mol. The molecule has 20 heavy (non-hydrogen) atoms. The van der Waals surface area contributed by atoms with E-state index in [2.05, 4.69) is 0 Å². The standard InChI is InChI=1S/C14H14N2O4/c15-12-5-4-10(9-11(12)14(18)19)20-8-7-16-6-2-1-3-13(16)17/h1-6,9H,7-8,15H2,(H,18,19). The quantitative estimate of drug-likeness (QED) is 0.799. The first-order chi connectivity index (χ1) is 9.58. The summed E-state index contributed by atoms with van der Waals surface area (Å²) in [6.45, 7) is 0.638. The van der Waals surface area contributed by atoms with Crippen LogP contribution in [0.15, 0.2) is 47.4 Å². The van der Waals surface area contributed by atoms with Gasteiger partial charge in [-0.15, -0.1) is 0 Å². The van der Waals surface area contributed by atoms with Gasteiger partial charge in [-0.05, 0) is 24.3 Å². The first kappa shape index (κ1) is 13.7.